The van der Waals surface area contributed by atoms with Gasteiger partial charge in [0.2, 0.25) is 0 Å². The summed E-state index contributed by atoms with van der Waals surface area (Å²) in [6.45, 7) is 5.96. The van der Waals surface area contributed by atoms with Gasteiger partial charge in [0.05, 0.1) is 12.7 Å². The Morgan fingerprint density at radius 1 is 1.12 bits per heavy atom. The van der Waals surface area contributed by atoms with E-state index < -0.39 is 0 Å². The van der Waals surface area contributed by atoms with Gasteiger partial charge >= 0.3 is 0 Å². The second kappa shape index (κ2) is 9.86. The number of ether oxygens (including phenoxy) is 2. The monoisotopic (exact) mass is 243 g/mol. The topological polar surface area (TPSA) is 30.5 Å². The third kappa shape index (κ3) is 6.39. The lowest BCUT2D eigenvalue weighted by Gasteiger charge is -2.30. The highest BCUT2D eigenvalue weighted by molar-refractivity contribution is 4.74. The zero-order valence-corrected chi connectivity index (χ0v) is 11.5. The molecule has 3 nitrogen and oxygen atoms in total. The number of methoxy groups -OCH3 is 1. The van der Waals surface area contributed by atoms with Crippen LogP contribution in [-0.4, -0.2) is 39.5 Å². The van der Waals surface area contributed by atoms with Crippen LogP contribution in [0, 0.1) is 5.92 Å². The molecule has 1 fully saturated rings. The van der Waals surface area contributed by atoms with Crippen molar-refractivity contribution in [3.63, 3.8) is 0 Å². The standard InChI is InChI=1S/C14H29NO2/c1-3-13-7-4-5-8-14(13)17-11-6-9-15-10-12-16-2/h13-15H,3-12H2,1-2H3. The Bertz CT molecular complexity index is 176. The van der Waals surface area contributed by atoms with Crippen molar-refractivity contribution in [3.05, 3.63) is 0 Å². The van der Waals surface area contributed by atoms with Crippen molar-refractivity contribution in [2.45, 2.75) is 51.6 Å². The van der Waals surface area contributed by atoms with Gasteiger partial charge in [0.15, 0.2) is 0 Å². The summed E-state index contributed by atoms with van der Waals surface area (Å²) >= 11 is 0. The quantitative estimate of drug-likeness (QED) is 0.631. The van der Waals surface area contributed by atoms with Crippen LogP contribution in [0.1, 0.15) is 45.4 Å². The maximum Gasteiger partial charge on any atom is 0.0603 e. The van der Waals surface area contributed by atoms with Crippen LogP contribution in [0.15, 0.2) is 0 Å². The van der Waals surface area contributed by atoms with Gasteiger partial charge in [-0.25, -0.2) is 0 Å². The Kier molecular flexibility index (Phi) is 8.67. The maximum absolute atomic E-state index is 6.02. The van der Waals surface area contributed by atoms with E-state index in [-0.39, 0.29) is 0 Å². The summed E-state index contributed by atoms with van der Waals surface area (Å²) in [5.74, 6) is 0.810. The largest absolute Gasteiger partial charge is 0.383 e. The van der Waals surface area contributed by atoms with Gasteiger partial charge in [-0.3, -0.25) is 0 Å². The lowest BCUT2D eigenvalue weighted by atomic mass is 9.85. The predicted octanol–water partition coefficient (Wildman–Crippen LogP) is 2.60. The summed E-state index contributed by atoms with van der Waals surface area (Å²) < 4.78 is 11.0. The van der Waals surface area contributed by atoms with Crippen LogP contribution in [0.5, 0.6) is 0 Å². The molecule has 0 aromatic heterocycles. The minimum Gasteiger partial charge on any atom is -0.383 e. The first-order chi connectivity index (χ1) is 8.38. The zero-order valence-electron chi connectivity index (χ0n) is 11.5. The third-order valence-electron chi connectivity index (χ3n) is 3.68. The fourth-order valence-corrected chi connectivity index (χ4v) is 2.59. The molecule has 2 unspecified atom stereocenters. The van der Waals surface area contributed by atoms with E-state index in [9.17, 15) is 0 Å². The molecule has 1 aliphatic carbocycles. The van der Waals surface area contributed by atoms with Crippen molar-refractivity contribution in [1.82, 2.24) is 5.32 Å². The molecule has 17 heavy (non-hydrogen) atoms. The van der Waals surface area contributed by atoms with Crippen LogP contribution in [0.4, 0.5) is 0 Å². The Morgan fingerprint density at radius 2 is 1.94 bits per heavy atom. The van der Waals surface area contributed by atoms with Crippen molar-refractivity contribution in [2.75, 3.05) is 33.4 Å². The molecular formula is C14H29NO2. The molecule has 0 aliphatic heterocycles. The van der Waals surface area contributed by atoms with Gasteiger partial charge in [-0.2, -0.15) is 0 Å². The van der Waals surface area contributed by atoms with E-state index >= 15 is 0 Å². The van der Waals surface area contributed by atoms with Gasteiger partial charge in [0.1, 0.15) is 0 Å². The summed E-state index contributed by atoms with van der Waals surface area (Å²) in [5.41, 5.74) is 0. The molecule has 0 radical (unpaired) electrons. The molecule has 0 aromatic carbocycles. The average Bonchev–Trinajstić information content (AvgIpc) is 2.38. The Labute approximate surface area is 106 Å². The summed E-state index contributed by atoms with van der Waals surface area (Å²) in [7, 11) is 1.73. The average molecular weight is 243 g/mol. The van der Waals surface area contributed by atoms with Crippen LogP contribution in [0.3, 0.4) is 0 Å². The normalized spacial score (nSPS) is 25.1. The molecule has 0 spiro atoms. The van der Waals surface area contributed by atoms with Gasteiger partial charge in [0, 0.05) is 20.3 Å². The van der Waals surface area contributed by atoms with Crippen LogP contribution < -0.4 is 5.32 Å². The Hall–Kier alpha value is -0.120. The van der Waals surface area contributed by atoms with Crippen molar-refractivity contribution in [2.24, 2.45) is 5.92 Å². The van der Waals surface area contributed by atoms with E-state index in [0.717, 1.165) is 38.6 Å². The van der Waals surface area contributed by atoms with E-state index in [1.165, 1.54) is 32.1 Å². The van der Waals surface area contributed by atoms with Crippen molar-refractivity contribution < 1.29 is 9.47 Å². The molecule has 2 atom stereocenters. The molecule has 0 saturated heterocycles. The lowest BCUT2D eigenvalue weighted by molar-refractivity contribution is -0.0127. The van der Waals surface area contributed by atoms with Crippen molar-refractivity contribution in [1.29, 1.82) is 0 Å². The molecule has 0 bridgehead atoms. The number of hydrogen-bond donors (Lipinski definition) is 1. The summed E-state index contributed by atoms with van der Waals surface area (Å²) in [4.78, 5) is 0. The molecule has 0 heterocycles. The van der Waals surface area contributed by atoms with Gasteiger partial charge in [-0.15, -0.1) is 0 Å². The fraction of sp³-hybridized carbons (Fsp3) is 1.00. The smallest absolute Gasteiger partial charge is 0.0603 e. The van der Waals surface area contributed by atoms with Crippen LogP contribution in [-0.2, 0) is 9.47 Å². The van der Waals surface area contributed by atoms with Crippen LogP contribution >= 0.6 is 0 Å². The molecule has 1 rings (SSSR count). The van der Waals surface area contributed by atoms with E-state index in [1.54, 1.807) is 7.11 Å². The highest BCUT2D eigenvalue weighted by Crippen LogP contribution is 2.29. The molecule has 3 heteroatoms. The lowest BCUT2D eigenvalue weighted by Crippen LogP contribution is -2.28. The maximum atomic E-state index is 6.02. The SMILES string of the molecule is CCC1CCCCC1OCCCNCCOC. The Morgan fingerprint density at radius 3 is 2.71 bits per heavy atom. The first-order valence-corrected chi connectivity index (χ1v) is 7.19. The fourth-order valence-electron chi connectivity index (χ4n) is 2.59. The van der Waals surface area contributed by atoms with Crippen molar-refractivity contribution >= 4 is 0 Å². The molecule has 0 amide bonds. The molecule has 1 N–H and O–H groups in total. The highest BCUT2D eigenvalue weighted by Gasteiger charge is 2.23. The van der Waals surface area contributed by atoms with E-state index in [4.69, 9.17) is 9.47 Å². The summed E-state index contributed by atoms with van der Waals surface area (Å²) in [6, 6.07) is 0. The van der Waals surface area contributed by atoms with Crippen molar-refractivity contribution in [3.8, 4) is 0 Å². The molecule has 0 aromatic rings. The molecule has 1 saturated carbocycles. The summed E-state index contributed by atoms with van der Waals surface area (Å²) in [6.07, 6.45) is 8.31. The number of hydrogen-bond acceptors (Lipinski definition) is 3. The molecule has 1 aliphatic rings. The Balaban J connectivity index is 1.97. The zero-order chi connectivity index (χ0) is 12.3. The summed E-state index contributed by atoms with van der Waals surface area (Å²) in [5, 5.41) is 3.34. The predicted molar refractivity (Wildman–Crippen MR) is 71.4 cm³/mol. The van der Waals surface area contributed by atoms with E-state index in [2.05, 4.69) is 12.2 Å². The van der Waals surface area contributed by atoms with E-state index in [1.807, 2.05) is 0 Å². The minimum absolute atomic E-state index is 0.535. The first kappa shape index (κ1) is 14.9. The number of nitrogens with one attached hydrogen (secondary N) is 1. The first-order valence-electron chi connectivity index (χ1n) is 7.19. The van der Waals surface area contributed by atoms with Gasteiger partial charge < -0.3 is 14.8 Å². The molecular weight excluding hydrogens is 214 g/mol. The van der Waals surface area contributed by atoms with Crippen LogP contribution in [0.2, 0.25) is 0 Å². The highest BCUT2D eigenvalue weighted by atomic mass is 16.5. The second-order valence-corrected chi connectivity index (χ2v) is 4.96. The van der Waals surface area contributed by atoms with Gasteiger partial charge in [-0.1, -0.05) is 26.2 Å². The third-order valence-corrected chi connectivity index (χ3v) is 3.68. The van der Waals surface area contributed by atoms with Gasteiger partial charge in [-0.05, 0) is 31.7 Å². The molecule has 102 valence electrons. The minimum atomic E-state index is 0.535. The van der Waals surface area contributed by atoms with Crippen LogP contribution in [0.25, 0.3) is 0 Å². The number of rotatable bonds is 9. The van der Waals surface area contributed by atoms with Gasteiger partial charge in [0.25, 0.3) is 0 Å². The second-order valence-electron chi connectivity index (χ2n) is 4.96. The van der Waals surface area contributed by atoms with E-state index in [0.29, 0.717) is 6.10 Å².